The fourth-order valence-corrected chi connectivity index (χ4v) is 5.86. The van der Waals surface area contributed by atoms with Crippen molar-refractivity contribution in [1.82, 2.24) is 19.5 Å². The molecule has 0 amide bonds. The van der Waals surface area contributed by atoms with E-state index in [2.05, 4.69) is 70.1 Å². The van der Waals surface area contributed by atoms with E-state index < -0.39 is 0 Å². The van der Waals surface area contributed by atoms with Crippen molar-refractivity contribution >= 4 is 27.5 Å². The Labute approximate surface area is 260 Å². The molecule has 0 radical (unpaired) electrons. The third kappa shape index (κ3) is 4.81. The number of rotatable bonds is 5. The van der Waals surface area contributed by atoms with Gasteiger partial charge in [0.2, 0.25) is 0 Å². The fourth-order valence-electron chi connectivity index (χ4n) is 5.86. The molecule has 0 aliphatic carbocycles. The first-order chi connectivity index (χ1) is 22.2. The molecular formula is C40H25N5. The van der Waals surface area contributed by atoms with Gasteiger partial charge < -0.3 is 4.57 Å². The molecule has 0 aliphatic rings. The minimum absolute atomic E-state index is 0.620. The highest BCUT2D eigenvalue weighted by Crippen LogP contribution is 2.37. The van der Waals surface area contributed by atoms with E-state index in [4.69, 9.17) is 21.5 Å². The van der Waals surface area contributed by atoms with Gasteiger partial charge in [-0.25, -0.2) is 19.8 Å². The summed E-state index contributed by atoms with van der Waals surface area (Å²) < 4.78 is 2.31. The van der Waals surface area contributed by atoms with Gasteiger partial charge in [-0.05, 0) is 35.4 Å². The smallest absolute Gasteiger partial charge is 0.187 e. The van der Waals surface area contributed by atoms with Crippen LogP contribution in [0, 0.1) is 6.57 Å². The van der Waals surface area contributed by atoms with E-state index in [0.29, 0.717) is 23.2 Å². The molecule has 45 heavy (non-hydrogen) atoms. The standard InChI is InChI=1S/C40H25N5/c1-41-32-21-17-27(18-22-32)30-19-23-34-35-24-20-31(26-37(35)45(36(34)25-30)33-15-9-4-10-16-33)40-43-38(28-11-5-2-6-12-28)42-39(44-40)29-13-7-3-8-14-29/h2-26H. The maximum absolute atomic E-state index is 7.31. The van der Waals surface area contributed by atoms with Gasteiger partial charge in [0.25, 0.3) is 0 Å². The molecule has 2 heterocycles. The first-order valence-electron chi connectivity index (χ1n) is 14.7. The zero-order valence-corrected chi connectivity index (χ0v) is 24.2. The lowest BCUT2D eigenvalue weighted by Gasteiger charge is -2.11. The molecule has 6 aromatic carbocycles. The van der Waals surface area contributed by atoms with Crippen molar-refractivity contribution in [1.29, 1.82) is 0 Å². The summed E-state index contributed by atoms with van der Waals surface area (Å²) in [6.45, 7) is 7.31. The maximum Gasteiger partial charge on any atom is 0.187 e. The van der Waals surface area contributed by atoms with Crippen molar-refractivity contribution in [3.63, 3.8) is 0 Å². The lowest BCUT2D eigenvalue weighted by molar-refractivity contribution is 1.07. The van der Waals surface area contributed by atoms with Crippen molar-refractivity contribution in [2.45, 2.75) is 0 Å². The van der Waals surface area contributed by atoms with Crippen LogP contribution in [0.1, 0.15) is 0 Å². The van der Waals surface area contributed by atoms with Gasteiger partial charge in [0, 0.05) is 33.2 Å². The summed E-state index contributed by atoms with van der Waals surface area (Å²) in [7, 11) is 0. The molecule has 0 saturated heterocycles. The number of fused-ring (bicyclic) bond motifs is 3. The molecule has 5 heteroatoms. The van der Waals surface area contributed by atoms with Gasteiger partial charge in [0.1, 0.15) is 0 Å². The second-order valence-electron chi connectivity index (χ2n) is 10.8. The Morgan fingerprint density at radius 3 is 1.40 bits per heavy atom. The van der Waals surface area contributed by atoms with Gasteiger partial charge in [-0.15, -0.1) is 0 Å². The zero-order chi connectivity index (χ0) is 30.2. The normalized spacial score (nSPS) is 11.1. The van der Waals surface area contributed by atoms with Crippen molar-refractivity contribution in [2.24, 2.45) is 0 Å². The van der Waals surface area contributed by atoms with Crippen LogP contribution in [0.5, 0.6) is 0 Å². The first-order valence-corrected chi connectivity index (χ1v) is 14.7. The molecule has 0 bridgehead atoms. The minimum atomic E-state index is 0.620. The van der Waals surface area contributed by atoms with E-state index in [-0.39, 0.29) is 0 Å². The van der Waals surface area contributed by atoms with E-state index in [0.717, 1.165) is 55.3 Å². The van der Waals surface area contributed by atoms with Crippen LogP contribution in [0.25, 0.3) is 77.6 Å². The summed E-state index contributed by atoms with van der Waals surface area (Å²) in [5.41, 5.74) is 8.83. The van der Waals surface area contributed by atoms with Gasteiger partial charge in [0.15, 0.2) is 23.2 Å². The van der Waals surface area contributed by atoms with Crippen LogP contribution in [-0.2, 0) is 0 Å². The Morgan fingerprint density at radius 2 is 0.867 bits per heavy atom. The molecule has 0 atom stereocenters. The Hall–Kier alpha value is -6.38. The summed E-state index contributed by atoms with van der Waals surface area (Å²) in [5, 5.41) is 2.31. The molecule has 5 nitrogen and oxygen atoms in total. The van der Waals surface area contributed by atoms with Gasteiger partial charge in [0.05, 0.1) is 17.6 Å². The van der Waals surface area contributed by atoms with Crippen LogP contribution in [0.4, 0.5) is 5.69 Å². The van der Waals surface area contributed by atoms with Gasteiger partial charge in [-0.2, -0.15) is 0 Å². The summed E-state index contributed by atoms with van der Waals surface area (Å²) >= 11 is 0. The summed E-state index contributed by atoms with van der Waals surface area (Å²) in [6, 6.07) is 51.3. The SMILES string of the molecule is [C-]#[N+]c1ccc(-c2ccc3c4ccc(-c5nc(-c6ccccc6)nc(-c6ccccc6)n5)cc4n(-c4ccccc4)c3c2)cc1. The molecule has 0 N–H and O–H groups in total. The van der Waals surface area contributed by atoms with Gasteiger partial charge in [-0.3, -0.25) is 0 Å². The number of aromatic nitrogens is 4. The minimum Gasteiger partial charge on any atom is -0.309 e. The topological polar surface area (TPSA) is 48.0 Å². The van der Waals surface area contributed by atoms with Gasteiger partial charge in [-0.1, -0.05) is 127 Å². The number of hydrogen-bond donors (Lipinski definition) is 0. The summed E-state index contributed by atoms with van der Waals surface area (Å²) in [6.07, 6.45) is 0. The molecule has 8 rings (SSSR count). The van der Waals surface area contributed by atoms with Crippen LogP contribution in [0.15, 0.2) is 152 Å². The fraction of sp³-hybridized carbons (Fsp3) is 0. The monoisotopic (exact) mass is 575 g/mol. The molecule has 0 unspecified atom stereocenters. The summed E-state index contributed by atoms with van der Waals surface area (Å²) in [4.78, 5) is 18.4. The highest BCUT2D eigenvalue weighted by Gasteiger charge is 2.17. The van der Waals surface area contributed by atoms with E-state index in [1.165, 1.54) is 0 Å². The lowest BCUT2D eigenvalue weighted by Crippen LogP contribution is -2.00. The molecule has 8 aromatic rings. The Bertz CT molecular complexity index is 2300. The predicted octanol–water partition coefficient (Wildman–Crippen LogP) is 10.2. The lowest BCUT2D eigenvalue weighted by atomic mass is 10.0. The predicted molar refractivity (Wildman–Crippen MR) is 182 cm³/mol. The average molecular weight is 576 g/mol. The molecule has 210 valence electrons. The Morgan fingerprint density at radius 1 is 0.422 bits per heavy atom. The molecule has 0 aliphatic heterocycles. The highest BCUT2D eigenvalue weighted by atomic mass is 15.0. The van der Waals surface area contributed by atoms with Crippen LogP contribution in [0.2, 0.25) is 0 Å². The van der Waals surface area contributed by atoms with Crippen molar-refractivity contribution in [3.05, 3.63) is 163 Å². The van der Waals surface area contributed by atoms with Crippen molar-refractivity contribution < 1.29 is 0 Å². The van der Waals surface area contributed by atoms with Gasteiger partial charge >= 0.3 is 0 Å². The number of hydrogen-bond acceptors (Lipinski definition) is 3. The molecule has 0 spiro atoms. The highest BCUT2D eigenvalue weighted by molar-refractivity contribution is 6.11. The maximum atomic E-state index is 7.31. The van der Waals surface area contributed by atoms with Crippen LogP contribution in [-0.4, -0.2) is 19.5 Å². The third-order valence-corrected chi connectivity index (χ3v) is 8.07. The largest absolute Gasteiger partial charge is 0.309 e. The second kappa shape index (κ2) is 11.0. The average Bonchev–Trinajstić information content (AvgIpc) is 3.45. The number of para-hydroxylation sites is 1. The zero-order valence-electron chi connectivity index (χ0n) is 24.2. The van der Waals surface area contributed by atoms with Crippen molar-refractivity contribution in [3.8, 4) is 51.0 Å². The van der Waals surface area contributed by atoms with E-state index >= 15 is 0 Å². The molecule has 2 aromatic heterocycles. The van der Waals surface area contributed by atoms with E-state index in [1.54, 1.807) is 0 Å². The third-order valence-electron chi connectivity index (χ3n) is 8.07. The number of nitrogens with zero attached hydrogens (tertiary/aromatic N) is 5. The van der Waals surface area contributed by atoms with E-state index in [1.807, 2.05) is 91.0 Å². The van der Waals surface area contributed by atoms with E-state index in [9.17, 15) is 0 Å². The van der Waals surface area contributed by atoms with Crippen LogP contribution in [0.3, 0.4) is 0 Å². The van der Waals surface area contributed by atoms with Crippen LogP contribution < -0.4 is 0 Å². The van der Waals surface area contributed by atoms with Crippen LogP contribution >= 0.6 is 0 Å². The first kappa shape index (κ1) is 26.3. The molecule has 0 fully saturated rings. The molecular weight excluding hydrogens is 550 g/mol. The number of benzene rings is 6. The van der Waals surface area contributed by atoms with Crippen molar-refractivity contribution in [2.75, 3.05) is 0 Å². The quantitative estimate of drug-likeness (QED) is 0.192. The summed E-state index contributed by atoms with van der Waals surface area (Å²) in [5.74, 6) is 1.89. The molecule has 0 saturated carbocycles. The Balaban J connectivity index is 1.35. The second-order valence-corrected chi connectivity index (χ2v) is 10.8. The Kier molecular flexibility index (Phi) is 6.44.